The third-order valence-corrected chi connectivity index (χ3v) is 7.66. The molecule has 1 aliphatic heterocycles. The average Bonchev–Trinajstić information content (AvgIpc) is 3.54. The molecule has 0 radical (unpaired) electrons. The molecule has 2 aromatic heterocycles. The molecule has 1 aliphatic carbocycles. The molecule has 1 saturated carbocycles. The molecular formula is C29H25N5S. The van der Waals surface area contributed by atoms with Crippen molar-refractivity contribution in [2.24, 2.45) is 21.4 Å². The van der Waals surface area contributed by atoms with Gasteiger partial charge in [0.15, 0.2) is 0 Å². The normalized spacial score (nSPS) is 16.5. The highest BCUT2D eigenvalue weighted by Crippen LogP contribution is 2.46. The molecule has 5 nitrogen and oxygen atoms in total. The lowest BCUT2D eigenvalue weighted by molar-refractivity contribution is 0.401. The number of aromatic nitrogens is 2. The van der Waals surface area contributed by atoms with E-state index in [-0.39, 0.29) is 0 Å². The standard InChI is InChI=1S/C29H25N5S/c1-19-16-30-14-13-25(19)29(21-3-2-4-21)28(23-10-12-27-26(15-23)31-18-35-27)22-8-5-20(6-9-22)7-11-24-17-32-34-33-24/h5-16,18,21H,2-4,17H2,1H3/b11-7+,29-28+. The Bertz CT molecular complexity index is 1500. The minimum atomic E-state index is 0.546. The summed E-state index contributed by atoms with van der Waals surface area (Å²) in [5.41, 5.74) is 12.7. The zero-order valence-corrected chi connectivity index (χ0v) is 20.4. The summed E-state index contributed by atoms with van der Waals surface area (Å²) >= 11 is 1.68. The van der Waals surface area contributed by atoms with Crippen molar-refractivity contribution in [1.82, 2.24) is 9.97 Å². The molecule has 1 fully saturated rings. The van der Waals surface area contributed by atoms with Crippen LogP contribution in [-0.4, -0.2) is 22.2 Å². The second-order valence-corrected chi connectivity index (χ2v) is 9.96. The number of nitrogens with zero attached hydrogens (tertiary/aromatic N) is 5. The van der Waals surface area contributed by atoms with E-state index in [1.54, 1.807) is 11.3 Å². The van der Waals surface area contributed by atoms with E-state index in [2.05, 4.69) is 86.9 Å². The summed E-state index contributed by atoms with van der Waals surface area (Å²) in [5.74, 6) is 0.546. The van der Waals surface area contributed by atoms with Gasteiger partial charge in [0.05, 0.1) is 21.4 Å². The second kappa shape index (κ2) is 9.47. The van der Waals surface area contributed by atoms with Crippen LogP contribution in [0.4, 0.5) is 0 Å². The van der Waals surface area contributed by atoms with Gasteiger partial charge in [-0.15, -0.1) is 16.4 Å². The lowest BCUT2D eigenvalue weighted by atomic mass is 9.72. The van der Waals surface area contributed by atoms with Crippen LogP contribution in [-0.2, 0) is 0 Å². The smallest absolute Gasteiger partial charge is 0.106 e. The van der Waals surface area contributed by atoms with Gasteiger partial charge in [0.2, 0.25) is 0 Å². The molecule has 2 aliphatic rings. The number of benzene rings is 2. The molecule has 0 N–H and O–H groups in total. The summed E-state index contributed by atoms with van der Waals surface area (Å²) in [6.45, 7) is 2.72. The summed E-state index contributed by atoms with van der Waals surface area (Å²) in [6, 6.07) is 17.7. The van der Waals surface area contributed by atoms with Gasteiger partial charge in [-0.05, 0) is 94.1 Å². The minimum absolute atomic E-state index is 0.546. The first-order valence-corrected chi connectivity index (χ1v) is 12.8. The third kappa shape index (κ3) is 4.37. The second-order valence-electron chi connectivity index (χ2n) is 9.08. The maximum Gasteiger partial charge on any atom is 0.106 e. The highest BCUT2D eigenvalue weighted by molar-refractivity contribution is 7.16. The van der Waals surface area contributed by atoms with E-state index in [9.17, 15) is 0 Å². The summed E-state index contributed by atoms with van der Waals surface area (Å²) in [5, 5.41) is 11.6. The summed E-state index contributed by atoms with van der Waals surface area (Å²) in [4.78, 5) is 8.98. The fourth-order valence-corrected chi connectivity index (χ4v) is 5.45. The molecule has 0 bridgehead atoms. The maximum absolute atomic E-state index is 4.61. The van der Waals surface area contributed by atoms with Gasteiger partial charge in [-0.1, -0.05) is 42.8 Å². The van der Waals surface area contributed by atoms with Gasteiger partial charge in [-0.25, -0.2) is 4.98 Å². The topological polar surface area (TPSA) is 62.9 Å². The fraction of sp³-hybridized carbons (Fsp3) is 0.207. The minimum Gasteiger partial charge on any atom is -0.264 e. The van der Waals surface area contributed by atoms with Crippen molar-refractivity contribution in [3.8, 4) is 0 Å². The van der Waals surface area contributed by atoms with Crippen LogP contribution in [0, 0.1) is 12.8 Å². The number of hydrogen-bond donors (Lipinski definition) is 0. The van der Waals surface area contributed by atoms with E-state index in [1.165, 1.54) is 57.4 Å². The largest absolute Gasteiger partial charge is 0.264 e. The Morgan fingerprint density at radius 1 is 1.00 bits per heavy atom. The van der Waals surface area contributed by atoms with E-state index in [4.69, 9.17) is 0 Å². The summed E-state index contributed by atoms with van der Waals surface area (Å²) in [6.07, 6.45) is 11.7. The first-order chi connectivity index (χ1) is 17.3. The zero-order valence-electron chi connectivity index (χ0n) is 19.6. The molecule has 2 aromatic carbocycles. The monoisotopic (exact) mass is 475 g/mol. The van der Waals surface area contributed by atoms with Crippen molar-refractivity contribution in [2.75, 3.05) is 6.54 Å². The number of hydrogen-bond acceptors (Lipinski definition) is 6. The number of thiazole rings is 1. The average molecular weight is 476 g/mol. The van der Waals surface area contributed by atoms with Crippen LogP contribution >= 0.6 is 11.3 Å². The summed E-state index contributed by atoms with van der Waals surface area (Å²) < 4.78 is 1.21. The van der Waals surface area contributed by atoms with Gasteiger partial charge >= 0.3 is 0 Å². The highest BCUT2D eigenvalue weighted by Gasteiger charge is 2.28. The van der Waals surface area contributed by atoms with Gasteiger partial charge < -0.3 is 0 Å². The fourth-order valence-electron chi connectivity index (χ4n) is 4.79. The van der Waals surface area contributed by atoms with E-state index in [1.807, 2.05) is 24.0 Å². The maximum atomic E-state index is 4.61. The molecule has 3 heterocycles. The van der Waals surface area contributed by atoms with Crippen LogP contribution < -0.4 is 0 Å². The molecule has 0 spiro atoms. The zero-order chi connectivity index (χ0) is 23.6. The molecule has 0 amide bonds. The Kier molecular flexibility index (Phi) is 5.88. The van der Waals surface area contributed by atoms with Gasteiger partial charge in [0.25, 0.3) is 0 Å². The molecule has 172 valence electrons. The molecule has 35 heavy (non-hydrogen) atoms. The highest BCUT2D eigenvalue weighted by atomic mass is 32.1. The van der Waals surface area contributed by atoms with E-state index in [0.717, 1.165) is 16.8 Å². The Morgan fingerprint density at radius 3 is 2.60 bits per heavy atom. The third-order valence-electron chi connectivity index (χ3n) is 6.85. The molecule has 0 unspecified atom stereocenters. The van der Waals surface area contributed by atoms with Gasteiger partial charge in [-0.3, -0.25) is 4.98 Å². The van der Waals surface area contributed by atoms with Gasteiger partial charge in [-0.2, -0.15) is 5.11 Å². The van der Waals surface area contributed by atoms with Crippen LogP contribution in [0.5, 0.6) is 0 Å². The first-order valence-electron chi connectivity index (χ1n) is 12.0. The van der Waals surface area contributed by atoms with Crippen molar-refractivity contribution >= 4 is 44.5 Å². The number of aryl methyl sites for hydroxylation is 1. The van der Waals surface area contributed by atoms with Gasteiger partial charge in [0.1, 0.15) is 6.54 Å². The van der Waals surface area contributed by atoms with Crippen molar-refractivity contribution in [3.05, 3.63) is 100 Å². The quantitative estimate of drug-likeness (QED) is 0.288. The number of rotatable bonds is 6. The van der Waals surface area contributed by atoms with Crippen LogP contribution in [0.1, 0.15) is 47.1 Å². The molecule has 4 aromatic rings. The van der Waals surface area contributed by atoms with Gasteiger partial charge in [0, 0.05) is 12.4 Å². The van der Waals surface area contributed by atoms with Crippen LogP contribution in [0.2, 0.25) is 0 Å². The van der Waals surface area contributed by atoms with Crippen LogP contribution in [0.25, 0.3) is 27.4 Å². The van der Waals surface area contributed by atoms with E-state index >= 15 is 0 Å². The van der Waals surface area contributed by atoms with Crippen molar-refractivity contribution < 1.29 is 0 Å². The number of fused-ring (bicyclic) bond motifs is 1. The SMILES string of the molecule is Cc1cnccc1/C(=C(\c1ccc(/C=C/C2=NN=NC2)cc1)c1ccc2scnc2c1)C1CCC1. The predicted octanol–water partition coefficient (Wildman–Crippen LogP) is 7.59. The van der Waals surface area contributed by atoms with Crippen molar-refractivity contribution in [1.29, 1.82) is 0 Å². The molecule has 0 saturated heterocycles. The predicted molar refractivity (Wildman–Crippen MR) is 144 cm³/mol. The lowest BCUT2D eigenvalue weighted by Crippen LogP contribution is -2.16. The molecule has 0 atom stereocenters. The molecule has 6 heteroatoms. The Balaban J connectivity index is 1.51. The first kappa shape index (κ1) is 21.7. The van der Waals surface area contributed by atoms with Crippen molar-refractivity contribution in [2.45, 2.75) is 26.2 Å². The van der Waals surface area contributed by atoms with Crippen LogP contribution in [0.15, 0.2) is 88.0 Å². The molecular weight excluding hydrogens is 450 g/mol. The van der Waals surface area contributed by atoms with Crippen molar-refractivity contribution in [3.63, 3.8) is 0 Å². The number of pyridine rings is 1. The molecule has 6 rings (SSSR count). The Morgan fingerprint density at radius 2 is 1.86 bits per heavy atom. The van der Waals surface area contributed by atoms with E-state index < -0.39 is 0 Å². The number of allylic oxidation sites excluding steroid dienone is 1. The van der Waals surface area contributed by atoms with E-state index in [0.29, 0.717) is 12.5 Å². The Labute approximate surface area is 208 Å². The Hall–Kier alpha value is -3.77. The van der Waals surface area contributed by atoms with Crippen LogP contribution in [0.3, 0.4) is 0 Å². The summed E-state index contributed by atoms with van der Waals surface area (Å²) in [7, 11) is 0. The lowest BCUT2D eigenvalue weighted by Gasteiger charge is -2.32.